The van der Waals surface area contributed by atoms with E-state index in [0.29, 0.717) is 10.2 Å². The number of rotatable bonds is 2. The maximum Gasteiger partial charge on any atom is 0.0479 e. The second-order valence-corrected chi connectivity index (χ2v) is 8.15. The van der Waals surface area contributed by atoms with Crippen molar-refractivity contribution in [2.45, 2.75) is 30.9 Å². The molecule has 1 unspecified atom stereocenters. The predicted molar refractivity (Wildman–Crippen MR) is 77.3 cm³/mol. The highest BCUT2D eigenvalue weighted by molar-refractivity contribution is 8.00. The van der Waals surface area contributed by atoms with Crippen molar-refractivity contribution in [3.63, 3.8) is 0 Å². The fraction of sp³-hybridized carbons (Fsp3) is 1.00. The Bertz CT molecular complexity index is 280. The molecule has 0 aromatic heterocycles. The Morgan fingerprint density at radius 3 is 2.83 bits per heavy atom. The number of hydrogen-bond donors (Lipinski definition) is 1. The Balaban J connectivity index is 1.59. The Kier molecular flexibility index (Phi) is 3.90. The molecule has 0 amide bonds. The van der Waals surface area contributed by atoms with Gasteiger partial charge < -0.3 is 15.0 Å². The van der Waals surface area contributed by atoms with Crippen molar-refractivity contribution in [1.82, 2.24) is 10.2 Å². The maximum atomic E-state index is 5.54. The van der Waals surface area contributed by atoms with Crippen molar-refractivity contribution in [3.05, 3.63) is 0 Å². The zero-order chi connectivity index (χ0) is 12.5. The van der Waals surface area contributed by atoms with Gasteiger partial charge in [-0.1, -0.05) is 6.92 Å². The molecule has 3 aliphatic rings. The van der Waals surface area contributed by atoms with Gasteiger partial charge in [-0.3, -0.25) is 0 Å². The van der Waals surface area contributed by atoms with Crippen molar-refractivity contribution in [3.8, 4) is 0 Å². The van der Waals surface area contributed by atoms with E-state index in [2.05, 4.69) is 28.9 Å². The van der Waals surface area contributed by atoms with Crippen LogP contribution >= 0.6 is 11.8 Å². The lowest BCUT2D eigenvalue weighted by Gasteiger charge is -2.46. The van der Waals surface area contributed by atoms with Gasteiger partial charge >= 0.3 is 0 Å². The first-order valence-corrected chi connectivity index (χ1v) is 8.33. The van der Waals surface area contributed by atoms with E-state index in [0.717, 1.165) is 13.2 Å². The van der Waals surface area contributed by atoms with Gasteiger partial charge in [0.05, 0.1) is 0 Å². The smallest absolute Gasteiger partial charge is 0.0479 e. The van der Waals surface area contributed by atoms with E-state index in [1.807, 2.05) is 0 Å². The lowest BCUT2D eigenvalue weighted by atomic mass is 9.88. The van der Waals surface area contributed by atoms with Gasteiger partial charge in [0.2, 0.25) is 0 Å². The molecule has 0 aromatic carbocycles. The first-order chi connectivity index (χ1) is 8.70. The zero-order valence-corrected chi connectivity index (χ0v) is 12.4. The number of hydrogen-bond acceptors (Lipinski definition) is 4. The van der Waals surface area contributed by atoms with Crippen molar-refractivity contribution in [2.75, 3.05) is 51.7 Å². The fourth-order valence-corrected chi connectivity index (χ4v) is 5.16. The van der Waals surface area contributed by atoms with Crippen LogP contribution in [0.1, 0.15) is 26.2 Å². The summed E-state index contributed by atoms with van der Waals surface area (Å²) in [7, 11) is 0. The van der Waals surface area contributed by atoms with Crippen molar-refractivity contribution in [2.24, 2.45) is 5.41 Å². The number of nitrogens with zero attached hydrogens (tertiary/aromatic N) is 1. The molecule has 1 atom stereocenters. The predicted octanol–water partition coefficient (Wildman–Crippen LogP) is 1.58. The van der Waals surface area contributed by atoms with Gasteiger partial charge in [0.1, 0.15) is 0 Å². The van der Waals surface area contributed by atoms with E-state index in [9.17, 15) is 0 Å². The summed E-state index contributed by atoms with van der Waals surface area (Å²) in [5, 5.41) is 3.52. The van der Waals surface area contributed by atoms with Crippen LogP contribution in [0.2, 0.25) is 0 Å². The monoisotopic (exact) mass is 270 g/mol. The van der Waals surface area contributed by atoms with E-state index in [1.54, 1.807) is 0 Å². The minimum atomic E-state index is 0.508. The molecule has 4 heteroatoms. The van der Waals surface area contributed by atoms with E-state index in [-0.39, 0.29) is 0 Å². The first-order valence-electron chi connectivity index (χ1n) is 7.35. The Hall–Kier alpha value is 0.230. The molecule has 0 saturated carbocycles. The van der Waals surface area contributed by atoms with E-state index < -0.39 is 0 Å². The molecule has 3 aliphatic heterocycles. The molecule has 0 aliphatic carbocycles. The van der Waals surface area contributed by atoms with Crippen LogP contribution in [-0.4, -0.2) is 61.3 Å². The zero-order valence-electron chi connectivity index (χ0n) is 11.5. The lowest BCUT2D eigenvalue weighted by Crippen LogP contribution is -2.52. The molecule has 3 fully saturated rings. The number of thioether (sulfide) groups is 1. The van der Waals surface area contributed by atoms with Crippen LogP contribution in [0.3, 0.4) is 0 Å². The minimum absolute atomic E-state index is 0.508. The summed E-state index contributed by atoms with van der Waals surface area (Å²) in [4.78, 5) is 2.73. The third-order valence-electron chi connectivity index (χ3n) is 4.79. The third kappa shape index (κ3) is 2.87. The maximum absolute atomic E-state index is 5.54. The molecule has 0 bridgehead atoms. The van der Waals surface area contributed by atoms with Crippen molar-refractivity contribution >= 4 is 11.8 Å². The van der Waals surface area contributed by atoms with Crippen LogP contribution in [0.5, 0.6) is 0 Å². The van der Waals surface area contributed by atoms with E-state index in [4.69, 9.17) is 4.74 Å². The normalized spacial score (nSPS) is 37.2. The van der Waals surface area contributed by atoms with Gasteiger partial charge in [-0.05, 0) is 31.2 Å². The van der Waals surface area contributed by atoms with Crippen LogP contribution in [-0.2, 0) is 4.74 Å². The molecular formula is C14H26N2OS. The average Bonchev–Trinajstić information content (AvgIpc) is 2.77. The minimum Gasteiger partial charge on any atom is -0.381 e. The highest BCUT2D eigenvalue weighted by atomic mass is 32.2. The van der Waals surface area contributed by atoms with Gasteiger partial charge in [-0.15, -0.1) is 0 Å². The Morgan fingerprint density at radius 2 is 2.11 bits per heavy atom. The Labute approximate surface area is 115 Å². The first kappa shape index (κ1) is 13.2. The van der Waals surface area contributed by atoms with Crippen LogP contribution in [0, 0.1) is 5.41 Å². The topological polar surface area (TPSA) is 24.5 Å². The number of ether oxygens (including phenoxy) is 1. The van der Waals surface area contributed by atoms with Crippen molar-refractivity contribution in [1.29, 1.82) is 0 Å². The third-order valence-corrected chi connectivity index (χ3v) is 6.33. The van der Waals surface area contributed by atoms with Crippen LogP contribution in [0.4, 0.5) is 0 Å². The molecule has 104 valence electrons. The molecule has 0 radical (unpaired) electrons. The summed E-state index contributed by atoms with van der Waals surface area (Å²) in [6.07, 6.45) is 3.85. The molecule has 1 N–H and O–H groups in total. The average molecular weight is 270 g/mol. The summed E-state index contributed by atoms with van der Waals surface area (Å²) in [5.41, 5.74) is 0.508. The highest BCUT2D eigenvalue weighted by Crippen LogP contribution is 2.40. The van der Waals surface area contributed by atoms with Gasteiger partial charge in [-0.2, -0.15) is 11.8 Å². The fourth-order valence-electron chi connectivity index (χ4n) is 3.65. The Morgan fingerprint density at radius 1 is 1.28 bits per heavy atom. The second-order valence-electron chi connectivity index (χ2n) is 6.59. The van der Waals surface area contributed by atoms with Gasteiger partial charge in [0, 0.05) is 49.9 Å². The standard InChI is InChI=1S/C14H26N2OS/c1-13(2-5-15-10-13)11-16-6-9-18-14(12-16)3-7-17-8-4-14/h15H,2-12H2,1H3. The summed E-state index contributed by atoms with van der Waals surface area (Å²) in [5.74, 6) is 1.31. The molecule has 3 rings (SSSR count). The summed E-state index contributed by atoms with van der Waals surface area (Å²) in [6, 6.07) is 0. The molecule has 0 aromatic rings. The summed E-state index contributed by atoms with van der Waals surface area (Å²) in [6.45, 7) is 10.7. The SMILES string of the molecule is CC1(CN2CCSC3(CCOCC3)C2)CCNC1. The van der Waals surface area contributed by atoms with Gasteiger partial charge in [-0.25, -0.2) is 0 Å². The summed E-state index contributed by atoms with van der Waals surface area (Å²) >= 11 is 2.21. The molecule has 3 nitrogen and oxygen atoms in total. The molecular weight excluding hydrogens is 244 g/mol. The van der Waals surface area contributed by atoms with Crippen LogP contribution < -0.4 is 5.32 Å². The van der Waals surface area contributed by atoms with E-state index >= 15 is 0 Å². The van der Waals surface area contributed by atoms with Gasteiger partial charge in [0.15, 0.2) is 0 Å². The molecule has 18 heavy (non-hydrogen) atoms. The van der Waals surface area contributed by atoms with E-state index in [1.165, 1.54) is 57.7 Å². The molecule has 3 saturated heterocycles. The molecule has 1 spiro atoms. The van der Waals surface area contributed by atoms with Crippen LogP contribution in [0.25, 0.3) is 0 Å². The van der Waals surface area contributed by atoms with Crippen LogP contribution in [0.15, 0.2) is 0 Å². The number of nitrogens with one attached hydrogen (secondary N) is 1. The van der Waals surface area contributed by atoms with Crippen molar-refractivity contribution < 1.29 is 4.74 Å². The lowest BCUT2D eigenvalue weighted by molar-refractivity contribution is 0.0575. The highest BCUT2D eigenvalue weighted by Gasteiger charge is 2.40. The second kappa shape index (κ2) is 5.31. The largest absolute Gasteiger partial charge is 0.381 e. The quantitative estimate of drug-likeness (QED) is 0.823. The summed E-state index contributed by atoms with van der Waals surface area (Å²) < 4.78 is 6.06. The molecule has 3 heterocycles. The van der Waals surface area contributed by atoms with Gasteiger partial charge in [0.25, 0.3) is 0 Å².